The van der Waals surface area contributed by atoms with Gasteiger partial charge >= 0.3 is 0 Å². The van der Waals surface area contributed by atoms with Crippen molar-refractivity contribution < 1.29 is 4.79 Å². The van der Waals surface area contributed by atoms with Crippen LogP contribution in [0.2, 0.25) is 0 Å². The lowest BCUT2D eigenvalue weighted by molar-refractivity contribution is -0.117. The summed E-state index contributed by atoms with van der Waals surface area (Å²) in [5.74, 6) is 0.483. The molecule has 16 heavy (non-hydrogen) atoms. The van der Waals surface area contributed by atoms with Gasteiger partial charge in [-0.3, -0.25) is 4.79 Å². The summed E-state index contributed by atoms with van der Waals surface area (Å²) in [6.45, 7) is 0. The maximum Gasteiger partial charge on any atom is 0.221 e. The molecule has 2 nitrogen and oxygen atoms in total. The van der Waals surface area contributed by atoms with Crippen LogP contribution in [0.3, 0.4) is 0 Å². The Labute approximate surface area is 103 Å². The molecule has 0 heterocycles. The molecule has 0 saturated heterocycles. The Balaban J connectivity index is 0.00000128. The van der Waals surface area contributed by atoms with Gasteiger partial charge in [-0.25, -0.2) is 0 Å². The third-order valence-corrected chi connectivity index (χ3v) is 3.18. The average molecular weight is 240 g/mol. The van der Waals surface area contributed by atoms with Crippen molar-refractivity contribution in [3.8, 4) is 0 Å². The van der Waals surface area contributed by atoms with Gasteiger partial charge in [-0.15, -0.1) is 12.4 Å². The van der Waals surface area contributed by atoms with Gasteiger partial charge in [0, 0.05) is 0 Å². The van der Waals surface area contributed by atoms with E-state index < -0.39 is 0 Å². The molecular formula is C13H18ClNO. The fourth-order valence-corrected chi connectivity index (χ4v) is 2.37. The van der Waals surface area contributed by atoms with Gasteiger partial charge < -0.3 is 5.73 Å². The highest BCUT2D eigenvalue weighted by Crippen LogP contribution is 2.33. The first-order valence-electron chi connectivity index (χ1n) is 5.63. The molecule has 0 aliphatic heterocycles. The van der Waals surface area contributed by atoms with Crippen molar-refractivity contribution in [2.45, 2.75) is 38.0 Å². The summed E-state index contributed by atoms with van der Waals surface area (Å²) in [5, 5.41) is 0. The summed E-state index contributed by atoms with van der Waals surface area (Å²) in [6.07, 6.45) is 5.69. The molecule has 88 valence electrons. The minimum atomic E-state index is -0.261. The van der Waals surface area contributed by atoms with E-state index in [1.54, 1.807) is 0 Å². The molecule has 1 aliphatic rings. The van der Waals surface area contributed by atoms with E-state index in [-0.39, 0.29) is 18.3 Å². The molecule has 1 fully saturated rings. The van der Waals surface area contributed by atoms with Crippen LogP contribution in [0.25, 0.3) is 0 Å². The molecule has 0 radical (unpaired) electrons. The number of halogens is 1. The van der Waals surface area contributed by atoms with Gasteiger partial charge in [-0.1, -0.05) is 37.1 Å². The predicted molar refractivity (Wildman–Crippen MR) is 67.8 cm³/mol. The van der Waals surface area contributed by atoms with Crippen LogP contribution in [0.1, 0.15) is 42.7 Å². The van der Waals surface area contributed by atoms with E-state index in [0.29, 0.717) is 6.42 Å². The highest BCUT2D eigenvalue weighted by atomic mass is 35.5. The maximum absolute atomic E-state index is 10.7. The molecule has 1 aromatic rings. The van der Waals surface area contributed by atoms with Crippen molar-refractivity contribution in [2.24, 2.45) is 5.73 Å². The summed E-state index contributed by atoms with van der Waals surface area (Å²) in [4.78, 5) is 10.7. The van der Waals surface area contributed by atoms with Gasteiger partial charge in [0.15, 0.2) is 0 Å². The van der Waals surface area contributed by atoms with Gasteiger partial charge in [0.05, 0.1) is 6.42 Å². The van der Waals surface area contributed by atoms with Gasteiger partial charge in [-0.2, -0.15) is 0 Å². The largest absolute Gasteiger partial charge is 0.369 e. The average Bonchev–Trinajstić information content (AvgIpc) is 2.71. The van der Waals surface area contributed by atoms with Crippen molar-refractivity contribution in [1.29, 1.82) is 0 Å². The molecule has 1 saturated carbocycles. The van der Waals surface area contributed by atoms with Crippen LogP contribution >= 0.6 is 12.4 Å². The molecule has 1 aromatic carbocycles. The molecule has 0 aromatic heterocycles. The van der Waals surface area contributed by atoms with E-state index in [9.17, 15) is 4.79 Å². The highest BCUT2D eigenvalue weighted by Gasteiger charge is 2.16. The third kappa shape index (κ3) is 3.24. The number of hydrogen-bond acceptors (Lipinski definition) is 1. The molecule has 2 rings (SSSR count). The Morgan fingerprint density at radius 3 is 2.25 bits per heavy atom. The second-order valence-corrected chi connectivity index (χ2v) is 4.37. The predicted octanol–water partition coefficient (Wildman–Crippen LogP) is 2.79. The van der Waals surface area contributed by atoms with E-state index in [1.165, 1.54) is 31.2 Å². The molecule has 0 atom stereocenters. The summed E-state index contributed by atoms with van der Waals surface area (Å²) < 4.78 is 0. The number of amides is 1. The second-order valence-electron chi connectivity index (χ2n) is 4.37. The van der Waals surface area contributed by atoms with Gasteiger partial charge in [0.2, 0.25) is 5.91 Å². The second kappa shape index (κ2) is 5.90. The van der Waals surface area contributed by atoms with Crippen LogP contribution in [0.15, 0.2) is 24.3 Å². The Morgan fingerprint density at radius 1 is 1.19 bits per heavy atom. The van der Waals surface area contributed by atoms with Crippen LogP contribution in [0.5, 0.6) is 0 Å². The minimum absolute atomic E-state index is 0. The fraction of sp³-hybridized carbons (Fsp3) is 0.462. The lowest BCUT2D eigenvalue weighted by Crippen LogP contribution is -2.13. The fourth-order valence-electron chi connectivity index (χ4n) is 2.37. The van der Waals surface area contributed by atoms with Gasteiger partial charge in [-0.05, 0) is 29.9 Å². The number of carbonyl (C=O) groups excluding carboxylic acids is 1. The summed E-state index contributed by atoms with van der Waals surface area (Å²) in [5.41, 5.74) is 7.58. The SMILES string of the molecule is Cl.NC(=O)Cc1ccc(C2CCCC2)cc1. The first kappa shape index (κ1) is 13.0. The normalized spacial score (nSPS) is 15.8. The summed E-state index contributed by atoms with van der Waals surface area (Å²) in [7, 11) is 0. The maximum atomic E-state index is 10.7. The third-order valence-electron chi connectivity index (χ3n) is 3.18. The zero-order valence-corrected chi connectivity index (χ0v) is 10.1. The lowest BCUT2D eigenvalue weighted by Gasteiger charge is -2.09. The number of carbonyl (C=O) groups is 1. The van der Waals surface area contributed by atoms with Crippen molar-refractivity contribution in [3.63, 3.8) is 0 Å². The van der Waals surface area contributed by atoms with Crippen molar-refractivity contribution in [2.75, 3.05) is 0 Å². The molecule has 1 amide bonds. The Kier molecular flexibility index (Phi) is 4.81. The molecule has 3 heteroatoms. The van der Waals surface area contributed by atoms with E-state index >= 15 is 0 Å². The lowest BCUT2D eigenvalue weighted by atomic mass is 9.96. The minimum Gasteiger partial charge on any atom is -0.369 e. The van der Waals surface area contributed by atoms with Crippen molar-refractivity contribution in [1.82, 2.24) is 0 Å². The smallest absolute Gasteiger partial charge is 0.221 e. The Bertz CT molecular complexity index is 341. The molecular weight excluding hydrogens is 222 g/mol. The monoisotopic (exact) mass is 239 g/mol. The Morgan fingerprint density at radius 2 is 1.75 bits per heavy atom. The van der Waals surface area contributed by atoms with Crippen LogP contribution < -0.4 is 5.73 Å². The zero-order valence-electron chi connectivity index (χ0n) is 9.32. The quantitative estimate of drug-likeness (QED) is 0.866. The topological polar surface area (TPSA) is 43.1 Å². The first-order chi connectivity index (χ1) is 7.25. The van der Waals surface area contributed by atoms with E-state index in [1.807, 2.05) is 12.1 Å². The molecule has 1 aliphatic carbocycles. The van der Waals surface area contributed by atoms with Gasteiger partial charge in [0.1, 0.15) is 0 Å². The molecule has 0 bridgehead atoms. The number of hydrogen-bond donors (Lipinski definition) is 1. The first-order valence-corrected chi connectivity index (χ1v) is 5.63. The van der Waals surface area contributed by atoms with Crippen LogP contribution in [0.4, 0.5) is 0 Å². The van der Waals surface area contributed by atoms with E-state index in [0.717, 1.165) is 11.5 Å². The van der Waals surface area contributed by atoms with Crippen LogP contribution in [-0.2, 0) is 11.2 Å². The summed E-state index contributed by atoms with van der Waals surface area (Å²) in [6, 6.07) is 8.35. The van der Waals surface area contributed by atoms with Crippen molar-refractivity contribution in [3.05, 3.63) is 35.4 Å². The van der Waals surface area contributed by atoms with E-state index in [2.05, 4.69) is 12.1 Å². The number of primary amides is 1. The number of nitrogens with two attached hydrogens (primary N) is 1. The van der Waals surface area contributed by atoms with Crippen LogP contribution in [0, 0.1) is 0 Å². The molecule has 0 unspecified atom stereocenters. The summed E-state index contributed by atoms with van der Waals surface area (Å²) >= 11 is 0. The zero-order chi connectivity index (χ0) is 10.7. The van der Waals surface area contributed by atoms with Crippen LogP contribution in [-0.4, -0.2) is 5.91 Å². The van der Waals surface area contributed by atoms with Gasteiger partial charge in [0.25, 0.3) is 0 Å². The molecule has 0 spiro atoms. The molecule has 2 N–H and O–H groups in total. The van der Waals surface area contributed by atoms with E-state index in [4.69, 9.17) is 5.73 Å². The Hall–Kier alpha value is -1.02. The highest BCUT2D eigenvalue weighted by molar-refractivity contribution is 5.85. The number of benzene rings is 1. The standard InChI is InChI=1S/C13H17NO.ClH/c14-13(15)9-10-5-7-12(8-6-10)11-3-1-2-4-11;/h5-8,11H,1-4,9H2,(H2,14,15);1H. The van der Waals surface area contributed by atoms with Crippen molar-refractivity contribution >= 4 is 18.3 Å². The number of rotatable bonds is 3.